The predicted octanol–water partition coefficient (Wildman–Crippen LogP) is 2.47. The number of rotatable bonds is 4. The highest BCUT2D eigenvalue weighted by Gasteiger charge is 2.12. The highest BCUT2D eigenvalue weighted by atomic mass is 19.1. The average Bonchev–Trinajstić information content (AvgIpc) is 2.19. The van der Waals surface area contributed by atoms with Crippen molar-refractivity contribution in [2.75, 3.05) is 19.0 Å². The van der Waals surface area contributed by atoms with E-state index in [1.165, 1.54) is 0 Å². The molecule has 0 aliphatic carbocycles. The van der Waals surface area contributed by atoms with E-state index in [0.29, 0.717) is 12.6 Å². The molecule has 0 spiro atoms. The van der Waals surface area contributed by atoms with Gasteiger partial charge in [0.1, 0.15) is 0 Å². The number of nitrogens with one attached hydrogen (secondary N) is 1. The fourth-order valence-corrected chi connectivity index (χ4v) is 1.03. The van der Waals surface area contributed by atoms with Crippen LogP contribution in [0.25, 0.3) is 0 Å². The molecule has 5 heteroatoms. The van der Waals surface area contributed by atoms with Gasteiger partial charge < -0.3 is 10.1 Å². The molecule has 0 amide bonds. The van der Waals surface area contributed by atoms with Gasteiger partial charge in [0.25, 0.3) is 5.88 Å². The van der Waals surface area contributed by atoms with Gasteiger partial charge in [-0.15, -0.1) is 0 Å². The van der Waals surface area contributed by atoms with E-state index >= 15 is 0 Å². The largest absolute Gasteiger partial charge is 0.475 e. The summed E-state index contributed by atoms with van der Waals surface area (Å²) >= 11 is 0. The summed E-state index contributed by atoms with van der Waals surface area (Å²) in [5.41, 5.74) is 0.162. The average molecular weight is 227 g/mol. The monoisotopic (exact) mass is 227 g/mol. The van der Waals surface area contributed by atoms with E-state index < -0.39 is 5.82 Å². The first-order chi connectivity index (χ1) is 7.42. The molecule has 0 radical (unpaired) electrons. The molecule has 0 aliphatic heterocycles. The number of hydrogen-bond donors (Lipinski definition) is 1. The second-order valence-corrected chi connectivity index (χ2v) is 4.76. The minimum Gasteiger partial charge on any atom is -0.475 e. The Hall–Kier alpha value is -1.39. The van der Waals surface area contributed by atoms with Crippen molar-refractivity contribution in [1.29, 1.82) is 0 Å². The van der Waals surface area contributed by atoms with E-state index in [1.807, 2.05) is 0 Å². The first kappa shape index (κ1) is 12.7. The van der Waals surface area contributed by atoms with Crippen molar-refractivity contribution in [3.63, 3.8) is 0 Å². The summed E-state index contributed by atoms with van der Waals surface area (Å²) < 4.78 is 18.5. The summed E-state index contributed by atoms with van der Waals surface area (Å²) in [6.45, 7) is 6.75. The Labute approximate surface area is 95.3 Å². The fraction of sp³-hybridized carbons (Fsp3) is 0.636. The smallest absolute Gasteiger partial charge is 0.255 e. The van der Waals surface area contributed by atoms with E-state index in [0.717, 1.165) is 12.6 Å². The summed E-state index contributed by atoms with van der Waals surface area (Å²) in [6.07, 6.45) is 1.94. The highest BCUT2D eigenvalue weighted by molar-refractivity contribution is 5.27. The lowest BCUT2D eigenvalue weighted by atomic mass is 9.93. The maximum Gasteiger partial charge on any atom is 0.255 e. The number of aromatic nitrogens is 2. The van der Waals surface area contributed by atoms with Gasteiger partial charge in [0.05, 0.1) is 12.8 Å². The van der Waals surface area contributed by atoms with Gasteiger partial charge in [-0.2, -0.15) is 9.37 Å². The zero-order valence-electron chi connectivity index (χ0n) is 10.2. The molecule has 0 saturated heterocycles. The molecule has 90 valence electrons. The molecule has 0 bridgehead atoms. The summed E-state index contributed by atoms with van der Waals surface area (Å²) in [6, 6.07) is 0. The van der Waals surface area contributed by atoms with Crippen LogP contribution in [-0.2, 0) is 0 Å². The first-order valence-corrected chi connectivity index (χ1v) is 5.25. The van der Waals surface area contributed by atoms with Gasteiger partial charge in [-0.1, -0.05) is 20.8 Å². The maximum atomic E-state index is 13.2. The molecule has 0 unspecified atom stereocenters. The van der Waals surface area contributed by atoms with Crippen LogP contribution >= 0.6 is 0 Å². The fourth-order valence-electron chi connectivity index (χ4n) is 1.03. The third kappa shape index (κ3) is 4.00. The first-order valence-electron chi connectivity index (χ1n) is 5.25. The molecule has 0 fully saturated rings. The van der Waals surface area contributed by atoms with Crippen LogP contribution in [0.5, 0.6) is 5.88 Å². The van der Waals surface area contributed by atoms with Crippen molar-refractivity contribution in [2.24, 2.45) is 5.41 Å². The molecular formula is C11H18FN3O. The van der Waals surface area contributed by atoms with Gasteiger partial charge in [-0.3, -0.25) is 0 Å². The molecule has 0 aliphatic rings. The molecule has 1 aromatic rings. The minimum absolute atomic E-state index is 0.00333. The lowest BCUT2D eigenvalue weighted by Gasteiger charge is -2.17. The summed E-state index contributed by atoms with van der Waals surface area (Å²) in [7, 11) is 1.67. The van der Waals surface area contributed by atoms with E-state index in [2.05, 4.69) is 36.1 Å². The molecule has 0 atom stereocenters. The lowest BCUT2D eigenvalue weighted by molar-refractivity contribution is 0.227. The summed E-state index contributed by atoms with van der Waals surface area (Å²) in [5.74, 6) is -0.177. The molecule has 0 saturated carbocycles. The van der Waals surface area contributed by atoms with Crippen LogP contribution in [0.15, 0.2) is 6.20 Å². The quantitative estimate of drug-likeness (QED) is 0.858. The number of halogens is 1. The summed E-state index contributed by atoms with van der Waals surface area (Å²) in [4.78, 5) is 7.63. The van der Waals surface area contributed by atoms with Gasteiger partial charge in [-0.25, -0.2) is 4.98 Å². The molecule has 16 heavy (non-hydrogen) atoms. The van der Waals surface area contributed by atoms with Gasteiger partial charge in [0.2, 0.25) is 11.8 Å². The van der Waals surface area contributed by atoms with E-state index in [-0.39, 0.29) is 11.3 Å². The van der Waals surface area contributed by atoms with Crippen LogP contribution in [0.4, 0.5) is 10.3 Å². The topological polar surface area (TPSA) is 47.0 Å². The van der Waals surface area contributed by atoms with Gasteiger partial charge in [0.15, 0.2) is 0 Å². The standard InChI is InChI=1S/C11H18FN3O/c1-11(2,3)5-6-16-9-8(12)7-14-10(13-4)15-9/h7H,5-6H2,1-4H3,(H,13,14,15). The van der Waals surface area contributed by atoms with E-state index in [1.54, 1.807) is 7.05 Å². The number of hydrogen-bond acceptors (Lipinski definition) is 4. The molecule has 1 rings (SSSR count). The van der Waals surface area contributed by atoms with Crippen LogP contribution < -0.4 is 10.1 Å². The second kappa shape index (κ2) is 5.09. The second-order valence-electron chi connectivity index (χ2n) is 4.76. The SMILES string of the molecule is CNc1ncc(F)c(OCCC(C)(C)C)n1. The van der Waals surface area contributed by atoms with Crippen molar-refractivity contribution < 1.29 is 9.13 Å². The molecule has 1 heterocycles. The Bertz CT molecular complexity index is 350. The van der Waals surface area contributed by atoms with Crippen molar-refractivity contribution >= 4 is 5.95 Å². The zero-order valence-corrected chi connectivity index (χ0v) is 10.2. The van der Waals surface area contributed by atoms with Crippen molar-refractivity contribution in [2.45, 2.75) is 27.2 Å². The van der Waals surface area contributed by atoms with Crippen LogP contribution in [0.3, 0.4) is 0 Å². The van der Waals surface area contributed by atoms with Crippen LogP contribution in [-0.4, -0.2) is 23.6 Å². The number of anilines is 1. The van der Waals surface area contributed by atoms with Crippen molar-refractivity contribution in [3.8, 4) is 5.88 Å². The number of ether oxygens (including phenoxy) is 1. The molecule has 1 aromatic heterocycles. The Kier molecular flexibility index (Phi) is 4.04. The third-order valence-electron chi connectivity index (χ3n) is 2.03. The van der Waals surface area contributed by atoms with Crippen LogP contribution in [0.2, 0.25) is 0 Å². The molecule has 1 N–H and O–H groups in total. The number of nitrogens with zero attached hydrogens (tertiary/aromatic N) is 2. The maximum absolute atomic E-state index is 13.2. The Morgan fingerprint density at radius 2 is 2.12 bits per heavy atom. The van der Waals surface area contributed by atoms with Gasteiger partial charge in [-0.05, 0) is 11.8 Å². The molecular weight excluding hydrogens is 209 g/mol. The molecule has 4 nitrogen and oxygen atoms in total. The van der Waals surface area contributed by atoms with Crippen molar-refractivity contribution in [3.05, 3.63) is 12.0 Å². The van der Waals surface area contributed by atoms with Gasteiger partial charge in [0, 0.05) is 7.05 Å². The Morgan fingerprint density at radius 1 is 1.44 bits per heavy atom. The Morgan fingerprint density at radius 3 is 2.69 bits per heavy atom. The van der Waals surface area contributed by atoms with Crippen molar-refractivity contribution in [1.82, 2.24) is 9.97 Å². The van der Waals surface area contributed by atoms with E-state index in [4.69, 9.17) is 4.74 Å². The van der Waals surface area contributed by atoms with Crippen LogP contribution in [0, 0.1) is 11.2 Å². The van der Waals surface area contributed by atoms with Crippen LogP contribution in [0.1, 0.15) is 27.2 Å². The van der Waals surface area contributed by atoms with E-state index in [9.17, 15) is 4.39 Å². The Balaban J connectivity index is 2.59. The third-order valence-corrected chi connectivity index (χ3v) is 2.03. The predicted molar refractivity (Wildman–Crippen MR) is 61.1 cm³/mol. The zero-order chi connectivity index (χ0) is 12.2. The minimum atomic E-state index is -0.534. The molecule has 0 aromatic carbocycles. The lowest BCUT2D eigenvalue weighted by Crippen LogP contribution is -2.12. The van der Waals surface area contributed by atoms with Gasteiger partial charge >= 0.3 is 0 Å². The summed E-state index contributed by atoms with van der Waals surface area (Å²) in [5, 5.41) is 2.73. The normalized spacial score (nSPS) is 11.3. The highest BCUT2D eigenvalue weighted by Crippen LogP contribution is 2.20.